The summed E-state index contributed by atoms with van der Waals surface area (Å²) in [4.78, 5) is 0. The minimum Gasteiger partial charge on any atom is -0.491 e. The molecule has 4 N–H and O–H groups in total. The second-order valence-electron chi connectivity index (χ2n) is 3.95. The molecular formula is C14H17ClN4O. The van der Waals surface area contributed by atoms with E-state index in [-0.39, 0.29) is 12.4 Å². The fourth-order valence-corrected chi connectivity index (χ4v) is 1.54. The molecule has 0 aliphatic heterocycles. The second-order valence-corrected chi connectivity index (χ2v) is 3.95. The number of nitrogens with zero attached hydrogens (tertiary/aromatic N) is 2. The Morgan fingerprint density at radius 3 is 2.25 bits per heavy atom. The molecule has 20 heavy (non-hydrogen) atoms. The lowest BCUT2D eigenvalue weighted by Crippen LogP contribution is -1.93. The molecule has 0 aromatic heterocycles. The molecule has 2 aromatic rings. The van der Waals surface area contributed by atoms with Crippen molar-refractivity contribution in [2.45, 2.75) is 6.92 Å². The molecule has 0 saturated carbocycles. The minimum atomic E-state index is 0. The fraction of sp³-hybridized carbons (Fsp3) is 0.143. The monoisotopic (exact) mass is 292 g/mol. The van der Waals surface area contributed by atoms with Gasteiger partial charge < -0.3 is 16.2 Å². The first-order valence-electron chi connectivity index (χ1n) is 5.98. The zero-order valence-corrected chi connectivity index (χ0v) is 11.9. The Labute approximate surface area is 124 Å². The SMILES string of the molecule is CCOc1cc(N)ccc1N=Nc1ccc(N)cc1.Cl. The number of rotatable bonds is 4. The average Bonchev–Trinajstić information content (AvgIpc) is 2.40. The van der Waals surface area contributed by atoms with Crippen LogP contribution in [0.25, 0.3) is 0 Å². The maximum Gasteiger partial charge on any atom is 0.148 e. The van der Waals surface area contributed by atoms with Gasteiger partial charge in [0.25, 0.3) is 0 Å². The molecule has 0 radical (unpaired) electrons. The Bertz CT molecular complexity index is 584. The summed E-state index contributed by atoms with van der Waals surface area (Å²) in [5, 5.41) is 8.31. The summed E-state index contributed by atoms with van der Waals surface area (Å²) in [5.74, 6) is 0.627. The van der Waals surface area contributed by atoms with Crippen LogP contribution < -0.4 is 16.2 Å². The first-order chi connectivity index (χ1) is 9.19. The number of hydrogen-bond donors (Lipinski definition) is 2. The molecule has 0 spiro atoms. The van der Waals surface area contributed by atoms with Crippen LogP contribution in [0.15, 0.2) is 52.7 Å². The van der Waals surface area contributed by atoms with Crippen LogP contribution in [-0.2, 0) is 0 Å². The Morgan fingerprint density at radius 1 is 0.950 bits per heavy atom. The van der Waals surface area contributed by atoms with Gasteiger partial charge in [-0.3, -0.25) is 0 Å². The van der Waals surface area contributed by atoms with Gasteiger partial charge in [-0.15, -0.1) is 17.5 Å². The molecule has 0 bridgehead atoms. The minimum absolute atomic E-state index is 0. The van der Waals surface area contributed by atoms with Gasteiger partial charge in [-0.05, 0) is 43.3 Å². The molecule has 0 aliphatic carbocycles. The zero-order valence-electron chi connectivity index (χ0n) is 11.1. The summed E-state index contributed by atoms with van der Waals surface area (Å²) >= 11 is 0. The number of nitrogen functional groups attached to an aromatic ring is 2. The molecule has 0 saturated heterocycles. The zero-order chi connectivity index (χ0) is 13.7. The highest BCUT2D eigenvalue weighted by atomic mass is 35.5. The van der Waals surface area contributed by atoms with E-state index in [1.165, 1.54) is 0 Å². The number of benzene rings is 2. The smallest absolute Gasteiger partial charge is 0.148 e. The van der Waals surface area contributed by atoms with Crippen LogP contribution in [-0.4, -0.2) is 6.61 Å². The van der Waals surface area contributed by atoms with Crippen molar-refractivity contribution in [2.24, 2.45) is 10.2 Å². The normalized spacial score (nSPS) is 10.2. The van der Waals surface area contributed by atoms with Crippen molar-refractivity contribution in [1.29, 1.82) is 0 Å². The summed E-state index contributed by atoms with van der Waals surface area (Å²) in [6.07, 6.45) is 0. The van der Waals surface area contributed by atoms with E-state index < -0.39 is 0 Å². The molecular weight excluding hydrogens is 276 g/mol. The van der Waals surface area contributed by atoms with Crippen molar-refractivity contribution in [1.82, 2.24) is 0 Å². The van der Waals surface area contributed by atoms with E-state index in [0.29, 0.717) is 29.4 Å². The summed E-state index contributed by atoms with van der Waals surface area (Å²) in [6.45, 7) is 2.46. The molecule has 0 heterocycles. The van der Waals surface area contributed by atoms with Crippen molar-refractivity contribution in [2.75, 3.05) is 18.1 Å². The van der Waals surface area contributed by atoms with Crippen LogP contribution in [0, 0.1) is 0 Å². The van der Waals surface area contributed by atoms with Crippen LogP contribution in [0.5, 0.6) is 5.75 Å². The van der Waals surface area contributed by atoms with Crippen LogP contribution in [0.4, 0.5) is 22.7 Å². The average molecular weight is 293 g/mol. The summed E-state index contributed by atoms with van der Waals surface area (Å²) < 4.78 is 5.47. The highest BCUT2D eigenvalue weighted by molar-refractivity contribution is 5.85. The molecule has 2 aromatic carbocycles. The third kappa shape index (κ3) is 4.13. The quantitative estimate of drug-likeness (QED) is 0.657. The molecule has 6 heteroatoms. The molecule has 2 rings (SSSR count). The summed E-state index contributed by atoms with van der Waals surface area (Å²) in [5.41, 5.74) is 14.0. The van der Waals surface area contributed by atoms with Gasteiger partial charge in [0, 0.05) is 17.4 Å². The lowest BCUT2D eigenvalue weighted by molar-refractivity contribution is 0.341. The van der Waals surface area contributed by atoms with E-state index >= 15 is 0 Å². The van der Waals surface area contributed by atoms with Crippen molar-refractivity contribution in [3.05, 3.63) is 42.5 Å². The molecule has 0 unspecified atom stereocenters. The summed E-state index contributed by atoms with van der Waals surface area (Å²) in [6, 6.07) is 12.4. The van der Waals surface area contributed by atoms with E-state index in [9.17, 15) is 0 Å². The molecule has 106 valence electrons. The lowest BCUT2D eigenvalue weighted by Gasteiger charge is -2.06. The fourth-order valence-electron chi connectivity index (χ4n) is 1.54. The third-order valence-corrected chi connectivity index (χ3v) is 2.45. The number of ether oxygens (including phenoxy) is 1. The highest BCUT2D eigenvalue weighted by Crippen LogP contribution is 2.31. The van der Waals surface area contributed by atoms with E-state index in [1.807, 2.05) is 6.92 Å². The van der Waals surface area contributed by atoms with Crippen molar-refractivity contribution in [3.8, 4) is 5.75 Å². The Morgan fingerprint density at radius 2 is 1.60 bits per heavy atom. The predicted octanol–water partition coefficient (Wildman–Crippen LogP) is 4.09. The van der Waals surface area contributed by atoms with E-state index in [1.54, 1.807) is 42.5 Å². The van der Waals surface area contributed by atoms with Crippen LogP contribution in [0.1, 0.15) is 6.92 Å². The number of hydrogen-bond acceptors (Lipinski definition) is 5. The Balaban J connectivity index is 0.00000200. The van der Waals surface area contributed by atoms with E-state index in [0.717, 1.165) is 5.69 Å². The highest BCUT2D eigenvalue weighted by Gasteiger charge is 2.03. The van der Waals surface area contributed by atoms with Gasteiger partial charge in [0.2, 0.25) is 0 Å². The summed E-state index contributed by atoms with van der Waals surface area (Å²) in [7, 11) is 0. The van der Waals surface area contributed by atoms with E-state index in [2.05, 4.69) is 10.2 Å². The maximum absolute atomic E-state index is 5.72. The number of halogens is 1. The van der Waals surface area contributed by atoms with Gasteiger partial charge in [-0.25, -0.2) is 0 Å². The Kier molecular flexibility index (Phi) is 5.80. The van der Waals surface area contributed by atoms with Crippen molar-refractivity contribution < 1.29 is 4.74 Å². The van der Waals surface area contributed by atoms with Crippen molar-refractivity contribution >= 4 is 35.2 Å². The molecule has 0 aliphatic rings. The maximum atomic E-state index is 5.72. The van der Waals surface area contributed by atoms with Gasteiger partial charge in [-0.1, -0.05) is 0 Å². The molecule has 0 fully saturated rings. The lowest BCUT2D eigenvalue weighted by atomic mass is 10.2. The predicted molar refractivity (Wildman–Crippen MR) is 84.3 cm³/mol. The molecule has 0 atom stereocenters. The van der Waals surface area contributed by atoms with Crippen molar-refractivity contribution in [3.63, 3.8) is 0 Å². The standard InChI is InChI=1S/C14H16N4O.ClH/c1-2-19-14-9-11(16)5-8-13(14)18-17-12-6-3-10(15)4-7-12;/h3-9H,2,15-16H2,1H3;1H. The van der Waals surface area contributed by atoms with Crippen LogP contribution in [0.2, 0.25) is 0 Å². The van der Waals surface area contributed by atoms with Gasteiger partial charge in [0.1, 0.15) is 11.4 Å². The first-order valence-corrected chi connectivity index (χ1v) is 5.98. The molecule has 0 amide bonds. The van der Waals surface area contributed by atoms with Gasteiger partial charge in [-0.2, -0.15) is 5.11 Å². The van der Waals surface area contributed by atoms with Gasteiger partial charge in [0.05, 0.1) is 12.3 Å². The first kappa shape index (κ1) is 15.8. The topological polar surface area (TPSA) is 86.0 Å². The van der Waals surface area contributed by atoms with E-state index in [4.69, 9.17) is 16.2 Å². The number of nitrogens with two attached hydrogens (primary N) is 2. The van der Waals surface area contributed by atoms with Crippen LogP contribution >= 0.6 is 12.4 Å². The van der Waals surface area contributed by atoms with Gasteiger partial charge >= 0.3 is 0 Å². The molecule has 5 nitrogen and oxygen atoms in total. The third-order valence-electron chi connectivity index (χ3n) is 2.45. The van der Waals surface area contributed by atoms with Gasteiger partial charge in [0.15, 0.2) is 0 Å². The number of azo groups is 1. The number of anilines is 2. The second kappa shape index (κ2) is 7.35. The Hall–Kier alpha value is -2.27. The largest absolute Gasteiger partial charge is 0.491 e. The van der Waals surface area contributed by atoms with Crippen LogP contribution in [0.3, 0.4) is 0 Å².